The Balaban J connectivity index is 2.35. The quantitative estimate of drug-likeness (QED) is 0.654. The molecule has 0 spiro atoms. The molecule has 1 aromatic heterocycles. The lowest BCUT2D eigenvalue weighted by molar-refractivity contribution is -0.385. The number of hydrogen-bond acceptors (Lipinski definition) is 8. The highest BCUT2D eigenvalue weighted by molar-refractivity contribution is 5.61. The first-order valence-electron chi connectivity index (χ1n) is 5.62. The molecular formula is C11H9N5O5. The number of ether oxygens (including phenoxy) is 1. The highest BCUT2D eigenvalue weighted by Gasteiger charge is 2.24. The first-order valence-corrected chi connectivity index (χ1v) is 5.62. The molecule has 0 saturated heterocycles. The summed E-state index contributed by atoms with van der Waals surface area (Å²) in [6.07, 6.45) is 1.11. The minimum absolute atomic E-state index is 0.00640. The van der Waals surface area contributed by atoms with Gasteiger partial charge in [-0.25, -0.2) is 4.98 Å². The van der Waals surface area contributed by atoms with Gasteiger partial charge in [-0.2, -0.15) is 4.98 Å². The third-order valence-electron chi connectivity index (χ3n) is 2.47. The van der Waals surface area contributed by atoms with Gasteiger partial charge in [-0.3, -0.25) is 20.2 Å². The van der Waals surface area contributed by atoms with Gasteiger partial charge >= 0.3 is 11.6 Å². The molecule has 0 amide bonds. The predicted molar refractivity (Wildman–Crippen MR) is 71.4 cm³/mol. The second-order valence-electron chi connectivity index (χ2n) is 3.74. The Morgan fingerprint density at radius 1 is 1.10 bits per heavy atom. The minimum atomic E-state index is -0.674. The average Bonchev–Trinajstić information content (AvgIpc) is 2.47. The maximum atomic E-state index is 11.1. The van der Waals surface area contributed by atoms with Gasteiger partial charge in [0.1, 0.15) is 12.1 Å². The van der Waals surface area contributed by atoms with Crippen molar-refractivity contribution in [1.29, 1.82) is 0 Å². The standard InChI is InChI=1S/C11H9N5O5/c1-12-10-9(16(19)20)11(14-6-13-10)21-8-4-2-7(3-5-8)15(17)18/h2-6H,1H3,(H,12,13,14). The Morgan fingerprint density at radius 2 is 1.76 bits per heavy atom. The molecular weight excluding hydrogens is 282 g/mol. The van der Waals surface area contributed by atoms with Gasteiger partial charge in [-0.15, -0.1) is 0 Å². The molecule has 108 valence electrons. The van der Waals surface area contributed by atoms with Crippen LogP contribution in [-0.4, -0.2) is 26.9 Å². The first kappa shape index (κ1) is 14.1. The fourth-order valence-electron chi connectivity index (χ4n) is 1.53. The summed E-state index contributed by atoms with van der Waals surface area (Å²) in [7, 11) is 1.48. The lowest BCUT2D eigenvalue weighted by atomic mass is 10.3. The van der Waals surface area contributed by atoms with E-state index in [1.165, 1.54) is 31.3 Å². The van der Waals surface area contributed by atoms with Crippen LogP contribution in [0.15, 0.2) is 30.6 Å². The molecule has 1 heterocycles. The molecule has 1 N–H and O–H groups in total. The maximum absolute atomic E-state index is 11.1. The van der Waals surface area contributed by atoms with Crippen LogP contribution in [-0.2, 0) is 0 Å². The van der Waals surface area contributed by atoms with Gasteiger partial charge in [0.2, 0.25) is 5.82 Å². The molecule has 2 rings (SSSR count). The van der Waals surface area contributed by atoms with E-state index in [4.69, 9.17) is 4.74 Å². The molecule has 0 saturated carbocycles. The zero-order valence-electron chi connectivity index (χ0n) is 10.7. The summed E-state index contributed by atoms with van der Waals surface area (Å²) >= 11 is 0. The first-order chi connectivity index (χ1) is 10.0. The number of hydrogen-bond donors (Lipinski definition) is 1. The van der Waals surface area contributed by atoms with Crippen molar-refractivity contribution in [1.82, 2.24) is 9.97 Å². The predicted octanol–water partition coefficient (Wildman–Crippen LogP) is 2.13. The lowest BCUT2D eigenvalue weighted by Crippen LogP contribution is -2.03. The van der Waals surface area contributed by atoms with Crippen LogP contribution in [0, 0.1) is 20.2 Å². The number of rotatable bonds is 5. The highest BCUT2D eigenvalue weighted by atomic mass is 16.6. The molecule has 0 aliphatic carbocycles. The van der Waals surface area contributed by atoms with Gasteiger partial charge < -0.3 is 10.1 Å². The molecule has 0 fully saturated rings. The third kappa shape index (κ3) is 3.00. The Hall–Kier alpha value is -3.30. The van der Waals surface area contributed by atoms with E-state index in [0.29, 0.717) is 0 Å². The normalized spacial score (nSPS) is 9.95. The van der Waals surface area contributed by atoms with E-state index >= 15 is 0 Å². The van der Waals surface area contributed by atoms with Gasteiger partial charge in [-0.05, 0) is 12.1 Å². The monoisotopic (exact) mass is 291 g/mol. The van der Waals surface area contributed by atoms with Crippen molar-refractivity contribution in [3.8, 4) is 11.6 Å². The third-order valence-corrected chi connectivity index (χ3v) is 2.47. The zero-order valence-corrected chi connectivity index (χ0v) is 10.7. The Bertz CT molecular complexity index is 688. The van der Waals surface area contributed by atoms with Crippen LogP contribution < -0.4 is 10.1 Å². The van der Waals surface area contributed by atoms with Crippen molar-refractivity contribution in [2.75, 3.05) is 12.4 Å². The molecule has 1 aromatic carbocycles. The van der Waals surface area contributed by atoms with E-state index in [9.17, 15) is 20.2 Å². The van der Waals surface area contributed by atoms with E-state index < -0.39 is 15.5 Å². The van der Waals surface area contributed by atoms with Crippen LogP contribution in [0.1, 0.15) is 0 Å². The summed E-state index contributed by atoms with van der Waals surface area (Å²) in [5.41, 5.74) is -0.534. The van der Waals surface area contributed by atoms with Crippen molar-refractivity contribution in [3.05, 3.63) is 50.8 Å². The molecule has 0 aliphatic heterocycles. The summed E-state index contributed by atoms with van der Waals surface area (Å²) in [4.78, 5) is 27.8. The van der Waals surface area contributed by atoms with E-state index in [1.54, 1.807) is 0 Å². The van der Waals surface area contributed by atoms with Crippen LogP contribution in [0.25, 0.3) is 0 Å². The summed E-state index contributed by atoms with van der Waals surface area (Å²) in [6.45, 7) is 0. The van der Waals surface area contributed by atoms with Crippen LogP contribution >= 0.6 is 0 Å². The van der Waals surface area contributed by atoms with Crippen molar-refractivity contribution in [2.45, 2.75) is 0 Å². The number of nitro groups is 2. The molecule has 0 aliphatic rings. The number of benzene rings is 1. The number of non-ortho nitro benzene ring substituents is 1. The van der Waals surface area contributed by atoms with Gasteiger partial charge in [0, 0.05) is 19.2 Å². The second-order valence-corrected chi connectivity index (χ2v) is 3.74. The fourth-order valence-corrected chi connectivity index (χ4v) is 1.53. The van der Waals surface area contributed by atoms with Crippen molar-refractivity contribution < 1.29 is 14.6 Å². The minimum Gasteiger partial charge on any atom is -0.434 e. The SMILES string of the molecule is CNc1ncnc(Oc2ccc([N+](=O)[O-])cc2)c1[N+](=O)[O-]. The van der Waals surface area contributed by atoms with E-state index in [1.807, 2.05) is 0 Å². The van der Waals surface area contributed by atoms with Crippen LogP contribution in [0.5, 0.6) is 11.6 Å². The molecule has 0 radical (unpaired) electrons. The van der Waals surface area contributed by atoms with Crippen LogP contribution in [0.4, 0.5) is 17.2 Å². The Kier molecular flexibility index (Phi) is 3.88. The van der Waals surface area contributed by atoms with Crippen molar-refractivity contribution >= 4 is 17.2 Å². The molecule has 0 bridgehead atoms. The average molecular weight is 291 g/mol. The zero-order chi connectivity index (χ0) is 15.4. The Labute approximate surface area is 117 Å². The van der Waals surface area contributed by atoms with Crippen molar-refractivity contribution in [3.63, 3.8) is 0 Å². The molecule has 10 heteroatoms. The number of nitrogens with one attached hydrogen (secondary N) is 1. The van der Waals surface area contributed by atoms with E-state index in [0.717, 1.165) is 6.33 Å². The lowest BCUT2D eigenvalue weighted by Gasteiger charge is -2.06. The largest absolute Gasteiger partial charge is 0.434 e. The summed E-state index contributed by atoms with van der Waals surface area (Å²) in [5.74, 6) is -0.0652. The fraction of sp³-hybridized carbons (Fsp3) is 0.0909. The van der Waals surface area contributed by atoms with Crippen molar-refractivity contribution in [2.24, 2.45) is 0 Å². The van der Waals surface area contributed by atoms with Crippen LogP contribution in [0.3, 0.4) is 0 Å². The number of anilines is 1. The highest BCUT2D eigenvalue weighted by Crippen LogP contribution is 2.33. The van der Waals surface area contributed by atoms with Gasteiger partial charge in [0.25, 0.3) is 5.69 Å². The van der Waals surface area contributed by atoms with E-state index in [2.05, 4.69) is 15.3 Å². The van der Waals surface area contributed by atoms with Gasteiger partial charge in [-0.1, -0.05) is 0 Å². The van der Waals surface area contributed by atoms with Gasteiger partial charge in [0.15, 0.2) is 0 Å². The van der Waals surface area contributed by atoms with Crippen LogP contribution in [0.2, 0.25) is 0 Å². The maximum Gasteiger partial charge on any atom is 0.373 e. The molecule has 21 heavy (non-hydrogen) atoms. The van der Waals surface area contributed by atoms with Gasteiger partial charge in [0.05, 0.1) is 9.85 Å². The topological polar surface area (TPSA) is 133 Å². The Morgan fingerprint density at radius 3 is 2.29 bits per heavy atom. The summed E-state index contributed by atoms with van der Waals surface area (Å²) in [5, 5.41) is 24.2. The number of aromatic nitrogens is 2. The molecule has 10 nitrogen and oxygen atoms in total. The van der Waals surface area contributed by atoms with E-state index in [-0.39, 0.29) is 23.1 Å². The number of nitro benzene ring substituents is 1. The smallest absolute Gasteiger partial charge is 0.373 e. The molecule has 0 unspecified atom stereocenters. The molecule has 0 atom stereocenters. The summed E-state index contributed by atoms with van der Waals surface area (Å²) in [6, 6.07) is 5.09. The second kappa shape index (κ2) is 5.77. The summed E-state index contributed by atoms with van der Waals surface area (Å²) < 4.78 is 5.29. The molecule has 2 aromatic rings. The number of nitrogens with zero attached hydrogens (tertiary/aromatic N) is 4.